The Labute approximate surface area is 163 Å². The highest BCUT2D eigenvalue weighted by molar-refractivity contribution is 6.00. The predicted octanol–water partition coefficient (Wildman–Crippen LogP) is 4.41. The fraction of sp³-hybridized carbons (Fsp3) is 0.318. The molecule has 6 heteroatoms. The number of fused-ring (bicyclic) bond motifs is 1. The minimum atomic E-state index is -0.361. The summed E-state index contributed by atoms with van der Waals surface area (Å²) in [7, 11) is 0. The van der Waals surface area contributed by atoms with E-state index in [-0.39, 0.29) is 17.7 Å². The summed E-state index contributed by atoms with van der Waals surface area (Å²) < 4.78 is 7.37. The quantitative estimate of drug-likeness (QED) is 0.735. The standard InChI is InChI=1S/C22H22N4O2/c1-13(2)14-5-7-15(8-6-14)16-10-17-20(18(27)11-16)21(19-4-3-9-28-19)26-22(25-17)23-12-24-26/h3-9,12-13,16,21H,10-11H2,1-2H3,(H,23,24,25)/t16-,21-/m1/s1. The third kappa shape index (κ3) is 2.68. The summed E-state index contributed by atoms with van der Waals surface area (Å²) in [6.45, 7) is 4.38. The van der Waals surface area contributed by atoms with Crippen molar-refractivity contribution in [2.24, 2.45) is 0 Å². The van der Waals surface area contributed by atoms with Crippen LogP contribution in [0.15, 0.2) is 64.7 Å². The number of hydrogen-bond acceptors (Lipinski definition) is 5. The maximum atomic E-state index is 13.2. The second-order valence-electron chi connectivity index (χ2n) is 7.81. The van der Waals surface area contributed by atoms with Gasteiger partial charge in [-0.3, -0.25) is 4.79 Å². The molecule has 0 unspecified atom stereocenters. The van der Waals surface area contributed by atoms with Crippen molar-refractivity contribution in [1.29, 1.82) is 0 Å². The molecule has 2 atom stereocenters. The molecule has 1 N–H and O–H groups in total. The van der Waals surface area contributed by atoms with Gasteiger partial charge < -0.3 is 9.73 Å². The highest BCUT2D eigenvalue weighted by Crippen LogP contribution is 2.43. The van der Waals surface area contributed by atoms with Crippen LogP contribution in [0, 0.1) is 0 Å². The molecule has 6 nitrogen and oxygen atoms in total. The average Bonchev–Trinajstić information content (AvgIpc) is 3.38. The monoisotopic (exact) mass is 374 g/mol. The van der Waals surface area contributed by atoms with Crippen LogP contribution in [0.5, 0.6) is 0 Å². The van der Waals surface area contributed by atoms with Gasteiger partial charge in [0.2, 0.25) is 5.95 Å². The number of allylic oxidation sites excluding steroid dienone is 2. The number of carbonyl (C=O) groups excluding carboxylic acids is 1. The van der Waals surface area contributed by atoms with Crippen molar-refractivity contribution >= 4 is 11.7 Å². The van der Waals surface area contributed by atoms with Gasteiger partial charge in [-0.25, -0.2) is 4.68 Å². The number of furan rings is 1. The van der Waals surface area contributed by atoms with Gasteiger partial charge >= 0.3 is 0 Å². The van der Waals surface area contributed by atoms with Crippen LogP contribution < -0.4 is 5.32 Å². The number of nitrogens with one attached hydrogen (secondary N) is 1. The van der Waals surface area contributed by atoms with Gasteiger partial charge in [0.05, 0.1) is 6.26 Å². The first-order valence-electron chi connectivity index (χ1n) is 9.68. The third-order valence-electron chi connectivity index (χ3n) is 5.75. The molecule has 3 heterocycles. The highest BCUT2D eigenvalue weighted by Gasteiger charge is 2.40. The third-order valence-corrected chi connectivity index (χ3v) is 5.75. The van der Waals surface area contributed by atoms with Crippen molar-refractivity contribution in [1.82, 2.24) is 14.8 Å². The lowest BCUT2D eigenvalue weighted by Crippen LogP contribution is -2.33. The second-order valence-corrected chi connectivity index (χ2v) is 7.81. The molecule has 2 aliphatic rings. The maximum absolute atomic E-state index is 13.2. The van der Waals surface area contributed by atoms with Crippen molar-refractivity contribution in [2.45, 2.75) is 44.6 Å². The summed E-state index contributed by atoms with van der Waals surface area (Å²) in [5, 5.41) is 7.66. The lowest BCUT2D eigenvalue weighted by Gasteiger charge is -2.34. The van der Waals surface area contributed by atoms with Crippen LogP contribution in [-0.2, 0) is 4.79 Å². The Morgan fingerprint density at radius 2 is 2.00 bits per heavy atom. The molecule has 0 saturated carbocycles. The van der Waals surface area contributed by atoms with E-state index in [1.54, 1.807) is 10.9 Å². The Hall–Kier alpha value is -3.15. The number of hydrogen-bond donors (Lipinski definition) is 1. The zero-order valence-electron chi connectivity index (χ0n) is 15.9. The molecule has 0 spiro atoms. The summed E-state index contributed by atoms with van der Waals surface area (Å²) in [5.74, 6) is 2.13. The van der Waals surface area contributed by atoms with Gasteiger partial charge in [-0.15, -0.1) is 0 Å². The van der Waals surface area contributed by atoms with Crippen molar-refractivity contribution in [3.8, 4) is 0 Å². The van der Waals surface area contributed by atoms with Gasteiger partial charge in [0, 0.05) is 17.7 Å². The predicted molar refractivity (Wildman–Crippen MR) is 105 cm³/mol. The SMILES string of the molecule is CC(C)c1ccc([C@H]2CC(=O)C3=C(C2)Nc2ncnn2[C@@H]3c2ccco2)cc1. The molecule has 0 fully saturated rings. The number of rotatable bonds is 3. The Morgan fingerprint density at radius 1 is 1.18 bits per heavy atom. The van der Waals surface area contributed by atoms with E-state index < -0.39 is 0 Å². The average molecular weight is 374 g/mol. The molecule has 0 amide bonds. The van der Waals surface area contributed by atoms with E-state index in [1.807, 2.05) is 12.1 Å². The van der Waals surface area contributed by atoms with Crippen molar-refractivity contribution in [2.75, 3.05) is 5.32 Å². The van der Waals surface area contributed by atoms with Crippen LogP contribution in [0.25, 0.3) is 0 Å². The smallest absolute Gasteiger partial charge is 0.226 e. The first-order chi connectivity index (χ1) is 13.6. The molecule has 5 rings (SSSR count). The fourth-order valence-corrected chi connectivity index (χ4v) is 4.25. The molecule has 0 radical (unpaired) electrons. The molecular weight excluding hydrogens is 352 g/mol. The largest absolute Gasteiger partial charge is 0.467 e. The van der Waals surface area contributed by atoms with Gasteiger partial charge in [0.15, 0.2) is 5.78 Å². The van der Waals surface area contributed by atoms with E-state index in [0.717, 1.165) is 17.7 Å². The Balaban J connectivity index is 1.52. The Kier molecular flexibility index (Phi) is 3.93. The van der Waals surface area contributed by atoms with Gasteiger partial charge in [0.25, 0.3) is 0 Å². The number of aromatic nitrogens is 3. The first kappa shape index (κ1) is 17.0. The molecule has 0 saturated heterocycles. The van der Waals surface area contributed by atoms with Crippen LogP contribution in [-0.4, -0.2) is 20.5 Å². The Bertz CT molecular complexity index is 1040. The lowest BCUT2D eigenvalue weighted by molar-refractivity contribution is -0.116. The van der Waals surface area contributed by atoms with Crippen LogP contribution in [0.4, 0.5) is 5.95 Å². The van der Waals surface area contributed by atoms with E-state index in [2.05, 4.69) is 53.5 Å². The number of ketones is 1. The zero-order chi connectivity index (χ0) is 19.3. The molecule has 3 aromatic rings. The van der Waals surface area contributed by atoms with Crippen LogP contribution in [0.1, 0.15) is 61.5 Å². The minimum Gasteiger partial charge on any atom is -0.467 e. The highest BCUT2D eigenvalue weighted by atomic mass is 16.3. The van der Waals surface area contributed by atoms with Crippen molar-refractivity contribution in [3.63, 3.8) is 0 Å². The normalized spacial score (nSPS) is 21.5. The number of benzene rings is 1. The number of anilines is 1. The summed E-state index contributed by atoms with van der Waals surface area (Å²) >= 11 is 0. The molecule has 142 valence electrons. The zero-order valence-corrected chi connectivity index (χ0v) is 15.9. The van der Waals surface area contributed by atoms with E-state index >= 15 is 0 Å². The van der Waals surface area contributed by atoms with Gasteiger partial charge in [-0.05, 0) is 41.5 Å². The topological polar surface area (TPSA) is 73.0 Å². The second kappa shape index (κ2) is 6.48. The summed E-state index contributed by atoms with van der Waals surface area (Å²) in [6.07, 6.45) is 4.39. The maximum Gasteiger partial charge on any atom is 0.226 e. The first-order valence-corrected chi connectivity index (χ1v) is 9.68. The van der Waals surface area contributed by atoms with Gasteiger partial charge in [-0.1, -0.05) is 38.1 Å². The Morgan fingerprint density at radius 3 is 2.71 bits per heavy atom. The molecule has 1 aromatic carbocycles. The van der Waals surface area contributed by atoms with Crippen molar-refractivity contribution < 1.29 is 9.21 Å². The van der Waals surface area contributed by atoms with Crippen LogP contribution in [0.2, 0.25) is 0 Å². The molecule has 2 aromatic heterocycles. The number of Topliss-reactive ketones (excluding diaryl/α,β-unsaturated/α-hetero) is 1. The molecule has 1 aliphatic heterocycles. The van der Waals surface area contributed by atoms with Crippen molar-refractivity contribution in [3.05, 3.63) is 77.1 Å². The summed E-state index contributed by atoms with van der Waals surface area (Å²) in [6, 6.07) is 12.0. The van der Waals surface area contributed by atoms with E-state index in [1.165, 1.54) is 17.5 Å². The number of nitrogens with zero attached hydrogens (tertiary/aromatic N) is 3. The number of carbonyl (C=O) groups is 1. The van der Waals surface area contributed by atoms with Crippen LogP contribution in [0.3, 0.4) is 0 Å². The molecular formula is C22H22N4O2. The molecule has 28 heavy (non-hydrogen) atoms. The van der Waals surface area contributed by atoms with Gasteiger partial charge in [-0.2, -0.15) is 10.1 Å². The van der Waals surface area contributed by atoms with E-state index in [9.17, 15) is 4.79 Å². The molecule has 0 bridgehead atoms. The summed E-state index contributed by atoms with van der Waals surface area (Å²) in [5.41, 5.74) is 4.18. The molecule has 1 aliphatic carbocycles. The van der Waals surface area contributed by atoms with Gasteiger partial charge in [0.1, 0.15) is 18.1 Å². The lowest BCUT2D eigenvalue weighted by atomic mass is 9.78. The minimum absolute atomic E-state index is 0.134. The fourth-order valence-electron chi connectivity index (χ4n) is 4.25. The van der Waals surface area contributed by atoms with Crippen LogP contribution >= 0.6 is 0 Å². The van der Waals surface area contributed by atoms with E-state index in [4.69, 9.17) is 4.42 Å². The van der Waals surface area contributed by atoms with E-state index in [0.29, 0.717) is 24.0 Å². The summed E-state index contributed by atoms with van der Waals surface area (Å²) in [4.78, 5) is 17.5.